The van der Waals surface area contributed by atoms with Crippen molar-refractivity contribution in [3.05, 3.63) is 24.3 Å². The highest BCUT2D eigenvalue weighted by atomic mass is 16.7. The van der Waals surface area contributed by atoms with Crippen molar-refractivity contribution in [2.75, 3.05) is 19.1 Å². The molecule has 0 heterocycles. The van der Waals surface area contributed by atoms with Crippen molar-refractivity contribution in [1.82, 2.24) is 0 Å². The van der Waals surface area contributed by atoms with Gasteiger partial charge >= 0.3 is 0 Å². The Balaban J connectivity index is 1.68. The van der Waals surface area contributed by atoms with E-state index in [1.165, 1.54) is 12.8 Å². The Bertz CT molecular complexity index is 297. The van der Waals surface area contributed by atoms with E-state index < -0.39 is 0 Å². The van der Waals surface area contributed by atoms with Gasteiger partial charge in [-0.1, -0.05) is 6.07 Å². The number of nitrogens with two attached hydrogens (primary N) is 1. The monoisotopic (exact) mass is 193 g/mol. The van der Waals surface area contributed by atoms with Crippen molar-refractivity contribution in [1.29, 1.82) is 0 Å². The molecular weight excluding hydrogens is 178 g/mol. The highest BCUT2D eigenvalue weighted by Gasteiger charge is 2.20. The summed E-state index contributed by atoms with van der Waals surface area (Å²) in [6, 6.07) is 7.36. The highest BCUT2D eigenvalue weighted by molar-refractivity contribution is 5.43. The predicted molar refractivity (Wildman–Crippen MR) is 55.0 cm³/mol. The van der Waals surface area contributed by atoms with Crippen LogP contribution in [0.2, 0.25) is 0 Å². The molecule has 2 rings (SSSR count). The summed E-state index contributed by atoms with van der Waals surface area (Å²) in [5, 5.41) is 0. The van der Waals surface area contributed by atoms with Crippen molar-refractivity contribution in [3.8, 4) is 5.75 Å². The summed E-state index contributed by atoms with van der Waals surface area (Å²) in [7, 11) is 0. The summed E-state index contributed by atoms with van der Waals surface area (Å²) in [5.74, 6) is 1.54. The van der Waals surface area contributed by atoms with Crippen LogP contribution in [0.25, 0.3) is 0 Å². The zero-order chi connectivity index (χ0) is 9.80. The van der Waals surface area contributed by atoms with Crippen molar-refractivity contribution in [2.45, 2.75) is 12.8 Å². The van der Waals surface area contributed by atoms with Crippen molar-refractivity contribution >= 4 is 5.69 Å². The van der Waals surface area contributed by atoms with E-state index in [9.17, 15) is 0 Å². The fourth-order valence-corrected chi connectivity index (χ4v) is 1.21. The minimum absolute atomic E-state index is 0.319. The first-order chi connectivity index (χ1) is 6.84. The fourth-order valence-electron chi connectivity index (χ4n) is 1.21. The Morgan fingerprint density at radius 2 is 2.21 bits per heavy atom. The van der Waals surface area contributed by atoms with Gasteiger partial charge in [-0.2, -0.15) is 0 Å². The third-order valence-corrected chi connectivity index (χ3v) is 2.22. The fraction of sp³-hybridized carbons (Fsp3) is 0.455. The quantitative estimate of drug-likeness (QED) is 0.442. The van der Waals surface area contributed by atoms with E-state index in [-0.39, 0.29) is 0 Å². The second-order valence-corrected chi connectivity index (χ2v) is 3.65. The number of rotatable bonds is 5. The number of hydrogen-bond donors (Lipinski definition) is 1. The van der Waals surface area contributed by atoms with Gasteiger partial charge in [0.15, 0.2) is 6.79 Å². The van der Waals surface area contributed by atoms with Crippen molar-refractivity contribution < 1.29 is 9.47 Å². The average molecular weight is 193 g/mol. The van der Waals surface area contributed by atoms with Crippen LogP contribution in [-0.2, 0) is 4.74 Å². The zero-order valence-electron chi connectivity index (χ0n) is 8.11. The third-order valence-electron chi connectivity index (χ3n) is 2.22. The molecule has 76 valence electrons. The van der Waals surface area contributed by atoms with E-state index in [0.29, 0.717) is 12.5 Å². The van der Waals surface area contributed by atoms with Crippen LogP contribution in [0.4, 0.5) is 5.69 Å². The summed E-state index contributed by atoms with van der Waals surface area (Å²) in [6.45, 7) is 1.14. The molecule has 0 radical (unpaired) electrons. The molecule has 0 amide bonds. The Hall–Kier alpha value is -1.22. The molecule has 0 unspecified atom stereocenters. The lowest BCUT2D eigenvalue weighted by atomic mass is 10.3. The molecule has 1 fully saturated rings. The van der Waals surface area contributed by atoms with E-state index in [0.717, 1.165) is 18.3 Å². The molecule has 1 aliphatic rings. The predicted octanol–water partition coefficient (Wildman–Crippen LogP) is 2.03. The van der Waals surface area contributed by atoms with E-state index in [1.54, 1.807) is 6.07 Å². The maximum Gasteiger partial charge on any atom is 0.189 e. The number of nitrogen functional groups attached to an aromatic ring is 1. The van der Waals surface area contributed by atoms with Crippen LogP contribution in [0.15, 0.2) is 24.3 Å². The number of benzene rings is 1. The van der Waals surface area contributed by atoms with E-state index in [4.69, 9.17) is 15.2 Å². The molecule has 1 aromatic carbocycles. The topological polar surface area (TPSA) is 44.5 Å². The van der Waals surface area contributed by atoms with Crippen LogP contribution >= 0.6 is 0 Å². The summed E-state index contributed by atoms with van der Waals surface area (Å²) in [5.41, 5.74) is 6.31. The molecule has 3 nitrogen and oxygen atoms in total. The van der Waals surface area contributed by atoms with Gasteiger partial charge in [0.25, 0.3) is 0 Å². The van der Waals surface area contributed by atoms with Gasteiger partial charge in [-0.25, -0.2) is 0 Å². The van der Waals surface area contributed by atoms with Crippen LogP contribution in [0.3, 0.4) is 0 Å². The smallest absolute Gasteiger partial charge is 0.189 e. The van der Waals surface area contributed by atoms with Crippen molar-refractivity contribution in [2.24, 2.45) is 5.92 Å². The van der Waals surface area contributed by atoms with Gasteiger partial charge in [0.2, 0.25) is 0 Å². The van der Waals surface area contributed by atoms with E-state index in [1.807, 2.05) is 18.2 Å². The van der Waals surface area contributed by atoms with Crippen LogP contribution in [0, 0.1) is 5.92 Å². The average Bonchev–Trinajstić information content (AvgIpc) is 2.96. The summed E-state index contributed by atoms with van der Waals surface area (Å²) < 4.78 is 10.7. The van der Waals surface area contributed by atoms with E-state index >= 15 is 0 Å². The first kappa shape index (κ1) is 9.34. The maximum atomic E-state index is 5.60. The summed E-state index contributed by atoms with van der Waals surface area (Å²) in [4.78, 5) is 0. The Labute approximate surface area is 83.8 Å². The Kier molecular flexibility index (Phi) is 2.89. The zero-order valence-corrected chi connectivity index (χ0v) is 8.11. The van der Waals surface area contributed by atoms with Crippen LogP contribution in [0.5, 0.6) is 5.75 Å². The van der Waals surface area contributed by atoms with Gasteiger partial charge in [-0.3, -0.25) is 0 Å². The summed E-state index contributed by atoms with van der Waals surface area (Å²) in [6.07, 6.45) is 2.61. The largest absolute Gasteiger partial charge is 0.467 e. The highest BCUT2D eigenvalue weighted by Crippen LogP contribution is 2.28. The van der Waals surface area contributed by atoms with Crippen molar-refractivity contribution in [3.63, 3.8) is 0 Å². The van der Waals surface area contributed by atoms with Crippen LogP contribution < -0.4 is 10.5 Å². The molecule has 14 heavy (non-hydrogen) atoms. The van der Waals surface area contributed by atoms with Crippen LogP contribution in [0.1, 0.15) is 12.8 Å². The molecule has 1 saturated carbocycles. The van der Waals surface area contributed by atoms with Gasteiger partial charge in [-0.05, 0) is 30.9 Å². The Morgan fingerprint density at radius 1 is 1.36 bits per heavy atom. The van der Waals surface area contributed by atoms with Gasteiger partial charge in [0.05, 0.1) is 6.61 Å². The lowest BCUT2D eigenvalue weighted by Crippen LogP contribution is -2.05. The second-order valence-electron chi connectivity index (χ2n) is 3.65. The molecule has 1 aromatic rings. The first-order valence-corrected chi connectivity index (χ1v) is 4.90. The van der Waals surface area contributed by atoms with E-state index in [2.05, 4.69) is 0 Å². The lowest BCUT2D eigenvalue weighted by Gasteiger charge is -2.06. The van der Waals surface area contributed by atoms with Gasteiger partial charge in [0, 0.05) is 11.8 Å². The second kappa shape index (κ2) is 4.33. The molecule has 0 spiro atoms. The molecular formula is C11H15NO2. The SMILES string of the molecule is Nc1cccc(OCOCC2CC2)c1. The summed E-state index contributed by atoms with van der Waals surface area (Å²) >= 11 is 0. The molecule has 0 bridgehead atoms. The molecule has 2 N–H and O–H groups in total. The third kappa shape index (κ3) is 2.92. The standard InChI is InChI=1S/C11H15NO2/c12-10-2-1-3-11(6-10)14-8-13-7-9-4-5-9/h1-3,6,9H,4-5,7-8,12H2. The van der Waals surface area contributed by atoms with Gasteiger partial charge < -0.3 is 15.2 Å². The number of anilines is 1. The molecule has 0 aromatic heterocycles. The van der Waals surface area contributed by atoms with Crippen LogP contribution in [-0.4, -0.2) is 13.4 Å². The lowest BCUT2D eigenvalue weighted by molar-refractivity contribution is 0.0100. The molecule has 0 saturated heterocycles. The molecule has 0 atom stereocenters. The maximum absolute atomic E-state index is 5.60. The minimum atomic E-state index is 0.319. The normalized spacial score (nSPS) is 15.4. The molecule has 3 heteroatoms. The number of hydrogen-bond acceptors (Lipinski definition) is 3. The minimum Gasteiger partial charge on any atom is -0.467 e. The molecule has 0 aliphatic heterocycles. The van der Waals surface area contributed by atoms with Gasteiger partial charge in [0.1, 0.15) is 5.75 Å². The Morgan fingerprint density at radius 3 is 2.93 bits per heavy atom. The first-order valence-electron chi connectivity index (χ1n) is 4.90. The molecule has 1 aliphatic carbocycles. The number of ether oxygens (including phenoxy) is 2. The van der Waals surface area contributed by atoms with Gasteiger partial charge in [-0.15, -0.1) is 0 Å².